The van der Waals surface area contributed by atoms with Crippen LogP contribution in [0.1, 0.15) is 61.6 Å². The Morgan fingerprint density at radius 2 is 1.80 bits per heavy atom. The molecule has 0 unspecified atom stereocenters. The second kappa shape index (κ2) is 7.13. The summed E-state index contributed by atoms with van der Waals surface area (Å²) in [6, 6.07) is 7.56. The zero-order chi connectivity index (χ0) is 14.4. The number of fused-ring (bicyclic) bond motifs is 1. The number of carboxylic acid groups (broad SMARTS) is 1. The summed E-state index contributed by atoms with van der Waals surface area (Å²) in [7, 11) is 0. The highest BCUT2D eigenvalue weighted by atomic mass is 16.4. The third kappa shape index (κ3) is 3.41. The third-order valence-corrected chi connectivity index (χ3v) is 3.67. The normalized spacial score (nSPS) is 11.1. The number of carboxylic acids is 1. The van der Waals surface area contributed by atoms with Gasteiger partial charge in [-0.15, -0.1) is 0 Å². The van der Waals surface area contributed by atoms with Crippen molar-refractivity contribution >= 4 is 16.9 Å². The van der Waals surface area contributed by atoms with Crippen LogP contribution >= 0.6 is 0 Å². The van der Waals surface area contributed by atoms with E-state index in [1.165, 1.54) is 25.7 Å². The van der Waals surface area contributed by atoms with Crippen molar-refractivity contribution in [1.82, 2.24) is 0 Å². The van der Waals surface area contributed by atoms with Crippen LogP contribution < -0.4 is 0 Å². The summed E-state index contributed by atoms with van der Waals surface area (Å²) in [4.78, 5) is 11.3. The number of hydrogen-bond donors (Lipinski definition) is 1. The van der Waals surface area contributed by atoms with Crippen molar-refractivity contribution in [1.29, 1.82) is 0 Å². The molecule has 0 aliphatic carbocycles. The Morgan fingerprint density at radius 3 is 2.55 bits per heavy atom. The van der Waals surface area contributed by atoms with Crippen LogP contribution in [0.5, 0.6) is 0 Å². The molecule has 0 saturated heterocycles. The molecule has 2 rings (SSSR count). The predicted octanol–water partition coefficient (Wildman–Crippen LogP) is 5.03. The van der Waals surface area contributed by atoms with Crippen LogP contribution in [-0.4, -0.2) is 11.1 Å². The van der Waals surface area contributed by atoms with Crippen molar-refractivity contribution in [3.8, 4) is 0 Å². The molecule has 1 aromatic carbocycles. The molecule has 1 aromatic heterocycles. The van der Waals surface area contributed by atoms with E-state index in [1.54, 1.807) is 0 Å². The average Bonchev–Trinajstić information content (AvgIpc) is 2.82. The summed E-state index contributed by atoms with van der Waals surface area (Å²) in [5.41, 5.74) is 1.52. The van der Waals surface area contributed by atoms with Crippen molar-refractivity contribution in [2.45, 2.75) is 51.9 Å². The summed E-state index contributed by atoms with van der Waals surface area (Å²) in [6.07, 6.45) is 7.99. The lowest BCUT2D eigenvalue weighted by atomic mass is 10.0. The standard InChI is InChI=1S/C17H22O3/c1-2-3-4-5-6-7-11-14-13-10-8-9-12-15(13)20-16(14)17(18)19/h8-10,12H,2-7,11H2,1H3,(H,18,19). The maximum Gasteiger partial charge on any atom is 0.372 e. The molecule has 0 aliphatic rings. The molecule has 3 heteroatoms. The number of aromatic carboxylic acids is 1. The highest BCUT2D eigenvalue weighted by Gasteiger charge is 2.18. The Kier molecular flexibility index (Phi) is 5.22. The van der Waals surface area contributed by atoms with Gasteiger partial charge < -0.3 is 9.52 Å². The molecule has 0 spiro atoms. The molecule has 0 amide bonds. The molecule has 0 fully saturated rings. The van der Waals surface area contributed by atoms with Crippen LogP contribution in [0.2, 0.25) is 0 Å². The smallest absolute Gasteiger partial charge is 0.372 e. The lowest BCUT2D eigenvalue weighted by molar-refractivity contribution is 0.0663. The molecular weight excluding hydrogens is 252 g/mol. The van der Waals surface area contributed by atoms with Gasteiger partial charge in [0.1, 0.15) is 5.58 Å². The number of furan rings is 1. The fourth-order valence-corrected chi connectivity index (χ4v) is 2.60. The Hall–Kier alpha value is -1.77. The highest BCUT2D eigenvalue weighted by Crippen LogP contribution is 2.27. The van der Waals surface area contributed by atoms with Crippen LogP contribution in [0.3, 0.4) is 0 Å². The zero-order valence-electron chi connectivity index (χ0n) is 12.0. The van der Waals surface area contributed by atoms with Gasteiger partial charge in [0.15, 0.2) is 0 Å². The van der Waals surface area contributed by atoms with Crippen molar-refractivity contribution in [2.75, 3.05) is 0 Å². The molecule has 3 nitrogen and oxygen atoms in total. The molecule has 0 atom stereocenters. The first kappa shape index (κ1) is 14.6. The molecule has 0 saturated carbocycles. The van der Waals surface area contributed by atoms with Gasteiger partial charge in [-0.3, -0.25) is 0 Å². The number of aryl methyl sites for hydroxylation is 1. The number of hydrogen-bond acceptors (Lipinski definition) is 2. The number of benzene rings is 1. The van der Waals surface area contributed by atoms with Crippen LogP contribution in [0, 0.1) is 0 Å². The van der Waals surface area contributed by atoms with Crippen molar-refractivity contribution in [2.24, 2.45) is 0 Å². The van der Waals surface area contributed by atoms with Crippen LogP contribution in [-0.2, 0) is 6.42 Å². The zero-order valence-corrected chi connectivity index (χ0v) is 12.0. The first-order valence-corrected chi connectivity index (χ1v) is 7.47. The summed E-state index contributed by atoms with van der Waals surface area (Å²) in [5.74, 6) is -0.859. The lowest BCUT2D eigenvalue weighted by Gasteiger charge is -2.01. The maximum absolute atomic E-state index is 11.3. The Balaban J connectivity index is 2.04. The number of carbonyl (C=O) groups is 1. The van der Waals surface area contributed by atoms with Crippen LogP contribution in [0.15, 0.2) is 28.7 Å². The van der Waals surface area contributed by atoms with Crippen molar-refractivity contribution in [3.63, 3.8) is 0 Å². The van der Waals surface area contributed by atoms with Crippen LogP contribution in [0.4, 0.5) is 0 Å². The van der Waals surface area contributed by atoms with E-state index in [2.05, 4.69) is 6.92 Å². The van der Waals surface area contributed by atoms with Gasteiger partial charge in [0.2, 0.25) is 5.76 Å². The third-order valence-electron chi connectivity index (χ3n) is 3.67. The Labute approximate surface area is 119 Å². The molecule has 0 bridgehead atoms. The van der Waals surface area contributed by atoms with Gasteiger partial charge in [0, 0.05) is 10.9 Å². The van der Waals surface area contributed by atoms with Gasteiger partial charge in [0.05, 0.1) is 0 Å². The molecule has 2 aromatic rings. The largest absolute Gasteiger partial charge is 0.475 e. The van der Waals surface area contributed by atoms with Gasteiger partial charge in [-0.1, -0.05) is 57.2 Å². The summed E-state index contributed by atoms with van der Waals surface area (Å²) in [5, 5.41) is 10.2. The molecule has 1 N–H and O–H groups in total. The molecule has 1 heterocycles. The Bertz CT molecular complexity index is 569. The average molecular weight is 274 g/mol. The topological polar surface area (TPSA) is 50.4 Å². The van der Waals surface area contributed by atoms with Crippen LogP contribution in [0.25, 0.3) is 11.0 Å². The van der Waals surface area contributed by atoms with E-state index in [-0.39, 0.29) is 5.76 Å². The SMILES string of the molecule is CCCCCCCCc1c(C(=O)O)oc2ccccc12. The highest BCUT2D eigenvalue weighted by molar-refractivity contribution is 5.95. The minimum atomic E-state index is -0.970. The molecule has 20 heavy (non-hydrogen) atoms. The number of rotatable bonds is 8. The first-order valence-electron chi connectivity index (χ1n) is 7.47. The van der Waals surface area contributed by atoms with E-state index in [4.69, 9.17) is 4.42 Å². The maximum atomic E-state index is 11.3. The van der Waals surface area contributed by atoms with Gasteiger partial charge in [-0.2, -0.15) is 0 Å². The van der Waals surface area contributed by atoms with Gasteiger partial charge in [0.25, 0.3) is 0 Å². The van der Waals surface area contributed by atoms with E-state index in [9.17, 15) is 9.90 Å². The number of para-hydroxylation sites is 1. The van der Waals surface area contributed by atoms with Gasteiger partial charge >= 0.3 is 5.97 Å². The van der Waals surface area contributed by atoms with Gasteiger partial charge in [-0.25, -0.2) is 4.79 Å². The second-order valence-corrected chi connectivity index (χ2v) is 5.23. The molecule has 0 aliphatic heterocycles. The number of unbranched alkanes of at least 4 members (excludes halogenated alkanes) is 5. The van der Waals surface area contributed by atoms with E-state index < -0.39 is 5.97 Å². The van der Waals surface area contributed by atoms with E-state index in [0.717, 1.165) is 30.2 Å². The van der Waals surface area contributed by atoms with E-state index >= 15 is 0 Å². The van der Waals surface area contributed by atoms with E-state index in [0.29, 0.717) is 5.58 Å². The summed E-state index contributed by atoms with van der Waals surface area (Å²) < 4.78 is 5.46. The van der Waals surface area contributed by atoms with Gasteiger partial charge in [-0.05, 0) is 18.9 Å². The summed E-state index contributed by atoms with van der Waals surface area (Å²) in [6.45, 7) is 2.21. The lowest BCUT2D eigenvalue weighted by Crippen LogP contribution is -1.99. The molecular formula is C17H22O3. The Morgan fingerprint density at radius 1 is 1.10 bits per heavy atom. The second-order valence-electron chi connectivity index (χ2n) is 5.23. The summed E-state index contributed by atoms with van der Waals surface area (Å²) >= 11 is 0. The minimum absolute atomic E-state index is 0.111. The fraction of sp³-hybridized carbons (Fsp3) is 0.471. The van der Waals surface area contributed by atoms with Crippen molar-refractivity contribution in [3.05, 3.63) is 35.6 Å². The quantitative estimate of drug-likeness (QED) is 0.686. The fourth-order valence-electron chi connectivity index (χ4n) is 2.60. The van der Waals surface area contributed by atoms with E-state index in [1.807, 2.05) is 24.3 Å². The first-order chi connectivity index (χ1) is 9.74. The predicted molar refractivity (Wildman–Crippen MR) is 80.3 cm³/mol. The monoisotopic (exact) mass is 274 g/mol. The minimum Gasteiger partial charge on any atom is -0.475 e. The molecule has 108 valence electrons. The molecule has 0 radical (unpaired) electrons. The van der Waals surface area contributed by atoms with Crippen molar-refractivity contribution < 1.29 is 14.3 Å².